The van der Waals surface area contributed by atoms with Crippen molar-refractivity contribution in [3.8, 4) is 11.1 Å². The number of aryl methyl sites for hydroxylation is 1. The number of alkyl halides is 2. The summed E-state index contributed by atoms with van der Waals surface area (Å²) in [5.74, 6) is 1.15. The van der Waals surface area contributed by atoms with E-state index >= 15 is 4.39 Å². The number of fused-ring (bicyclic) bond motifs is 3. The zero-order valence-electron chi connectivity index (χ0n) is 21.7. The maximum absolute atomic E-state index is 15.4. The zero-order valence-corrected chi connectivity index (χ0v) is 21.7. The Bertz CT molecular complexity index is 1370. The van der Waals surface area contributed by atoms with Crippen molar-refractivity contribution in [2.24, 2.45) is 5.92 Å². The molecule has 196 valence electrons. The van der Waals surface area contributed by atoms with Gasteiger partial charge >= 0.3 is 6.55 Å². The van der Waals surface area contributed by atoms with Gasteiger partial charge in [-0.2, -0.15) is 8.78 Å². The molecule has 0 N–H and O–H groups in total. The van der Waals surface area contributed by atoms with Gasteiger partial charge in [0, 0.05) is 53.6 Å². The fraction of sp³-hybridized carbons (Fsp3) is 0.448. The molecule has 0 aliphatic carbocycles. The number of benzene rings is 1. The van der Waals surface area contributed by atoms with Gasteiger partial charge in [-0.15, -0.1) is 0 Å². The molecule has 5 rings (SSSR count). The molecule has 37 heavy (non-hydrogen) atoms. The molecule has 0 radical (unpaired) electrons. The average Bonchev–Trinajstić information content (AvgIpc) is 3.25. The van der Waals surface area contributed by atoms with Crippen LogP contribution in [0, 0.1) is 18.7 Å². The first kappa shape index (κ1) is 25.5. The first-order valence-corrected chi connectivity index (χ1v) is 13.2. The van der Waals surface area contributed by atoms with E-state index < -0.39 is 12.4 Å². The number of hydrogen-bond donors (Lipinski definition) is 0. The van der Waals surface area contributed by atoms with Crippen LogP contribution in [0.1, 0.15) is 45.2 Å². The molecule has 0 spiro atoms. The summed E-state index contributed by atoms with van der Waals surface area (Å²) in [6.45, 7) is 8.62. The fourth-order valence-corrected chi connectivity index (χ4v) is 5.84. The van der Waals surface area contributed by atoms with E-state index in [2.05, 4.69) is 33.6 Å². The lowest BCUT2D eigenvalue weighted by molar-refractivity contribution is 0.0795. The number of hydrogen-bond acceptors (Lipinski definition) is 4. The normalized spacial score (nSPS) is 15.1. The highest BCUT2D eigenvalue weighted by Crippen LogP contribution is 2.40. The Morgan fingerprint density at radius 3 is 2.46 bits per heavy atom. The van der Waals surface area contributed by atoms with Crippen molar-refractivity contribution in [2.75, 3.05) is 37.6 Å². The standard InChI is InChI=1S/C29H34F3N5/c1-4-35(5-2)13-9-20-10-14-36(15-11-20)26-7-6-21(17-34-26)27-19(3)28-22(16-24(27)30)23-18-33-12-8-25(23)37(28)29(31)32/h6-8,12,16-18,20,29H,4-5,9-11,13-15H2,1-3H3. The molecule has 1 aliphatic rings. The molecule has 5 nitrogen and oxygen atoms in total. The Hall–Kier alpha value is -3.13. The van der Waals surface area contributed by atoms with Gasteiger partial charge in [0.1, 0.15) is 11.6 Å². The van der Waals surface area contributed by atoms with Crippen LogP contribution in [-0.4, -0.2) is 52.2 Å². The van der Waals surface area contributed by atoms with Crippen molar-refractivity contribution in [3.63, 3.8) is 0 Å². The quantitative estimate of drug-likeness (QED) is 0.255. The van der Waals surface area contributed by atoms with Gasteiger partial charge in [0.15, 0.2) is 0 Å². The lowest BCUT2D eigenvalue weighted by Crippen LogP contribution is -2.35. The highest BCUT2D eigenvalue weighted by atomic mass is 19.3. The Kier molecular flexibility index (Phi) is 7.38. The zero-order chi connectivity index (χ0) is 26.1. The van der Waals surface area contributed by atoms with Crippen LogP contribution in [0.2, 0.25) is 0 Å². The summed E-state index contributed by atoms with van der Waals surface area (Å²) < 4.78 is 44.6. The van der Waals surface area contributed by atoms with E-state index in [1.165, 1.54) is 24.9 Å². The van der Waals surface area contributed by atoms with Crippen molar-refractivity contribution in [1.82, 2.24) is 19.4 Å². The molecular weight excluding hydrogens is 475 g/mol. The summed E-state index contributed by atoms with van der Waals surface area (Å²) in [6, 6.07) is 6.66. The average molecular weight is 510 g/mol. The molecule has 4 aromatic rings. The van der Waals surface area contributed by atoms with Crippen molar-refractivity contribution in [2.45, 2.75) is 46.6 Å². The highest BCUT2D eigenvalue weighted by Gasteiger charge is 2.24. The molecule has 1 fully saturated rings. The second-order valence-corrected chi connectivity index (χ2v) is 9.95. The molecule has 1 aliphatic heterocycles. The minimum absolute atomic E-state index is 0.305. The first-order chi connectivity index (χ1) is 17.9. The number of piperidine rings is 1. The molecule has 0 bridgehead atoms. The number of halogens is 3. The van der Waals surface area contributed by atoms with Gasteiger partial charge < -0.3 is 9.80 Å². The van der Waals surface area contributed by atoms with E-state index in [9.17, 15) is 8.78 Å². The largest absolute Gasteiger partial charge is 0.357 e. The molecule has 8 heteroatoms. The van der Waals surface area contributed by atoms with Gasteiger partial charge in [-0.1, -0.05) is 13.8 Å². The third-order valence-electron chi connectivity index (χ3n) is 8.00. The summed E-state index contributed by atoms with van der Waals surface area (Å²) in [4.78, 5) is 13.5. The van der Waals surface area contributed by atoms with Gasteiger partial charge in [0.2, 0.25) is 0 Å². The van der Waals surface area contributed by atoms with Crippen LogP contribution in [-0.2, 0) is 0 Å². The molecule has 0 saturated carbocycles. The number of rotatable bonds is 8. The van der Waals surface area contributed by atoms with E-state index in [0.717, 1.165) is 61.9 Å². The van der Waals surface area contributed by atoms with Gasteiger partial charge in [0.25, 0.3) is 0 Å². The van der Waals surface area contributed by atoms with E-state index in [1.807, 2.05) is 12.1 Å². The number of aromatic nitrogens is 3. The molecule has 3 aromatic heterocycles. The summed E-state index contributed by atoms with van der Waals surface area (Å²) in [5, 5.41) is 0.955. The molecule has 1 saturated heterocycles. The molecule has 1 aromatic carbocycles. The first-order valence-electron chi connectivity index (χ1n) is 13.2. The van der Waals surface area contributed by atoms with Crippen LogP contribution in [0.4, 0.5) is 19.0 Å². The minimum atomic E-state index is -2.75. The van der Waals surface area contributed by atoms with Crippen LogP contribution in [0.25, 0.3) is 32.9 Å². The smallest absolute Gasteiger partial charge is 0.319 e. The van der Waals surface area contributed by atoms with Crippen LogP contribution < -0.4 is 4.90 Å². The fourth-order valence-electron chi connectivity index (χ4n) is 5.84. The topological polar surface area (TPSA) is 37.2 Å². The Labute approximate surface area is 215 Å². The van der Waals surface area contributed by atoms with Gasteiger partial charge in [0.05, 0.1) is 11.0 Å². The third-order valence-corrected chi connectivity index (χ3v) is 8.00. The van der Waals surface area contributed by atoms with E-state index in [1.54, 1.807) is 19.2 Å². The van der Waals surface area contributed by atoms with Crippen molar-refractivity contribution < 1.29 is 13.2 Å². The third kappa shape index (κ3) is 4.79. The van der Waals surface area contributed by atoms with Gasteiger partial charge in [-0.25, -0.2) is 9.37 Å². The molecule has 0 unspecified atom stereocenters. The van der Waals surface area contributed by atoms with Gasteiger partial charge in [-0.05, 0) is 81.6 Å². The van der Waals surface area contributed by atoms with E-state index in [0.29, 0.717) is 38.5 Å². The van der Waals surface area contributed by atoms with Crippen LogP contribution in [0.3, 0.4) is 0 Å². The van der Waals surface area contributed by atoms with E-state index in [4.69, 9.17) is 0 Å². The predicted molar refractivity (Wildman–Crippen MR) is 144 cm³/mol. The number of nitrogens with zero attached hydrogens (tertiary/aromatic N) is 5. The summed E-state index contributed by atoms with van der Waals surface area (Å²) in [6.07, 6.45) is 8.16. The summed E-state index contributed by atoms with van der Waals surface area (Å²) >= 11 is 0. The maximum Gasteiger partial charge on any atom is 0.319 e. The minimum Gasteiger partial charge on any atom is -0.357 e. The maximum atomic E-state index is 15.4. The monoisotopic (exact) mass is 509 g/mol. The second-order valence-electron chi connectivity index (χ2n) is 9.95. The number of pyridine rings is 2. The van der Waals surface area contributed by atoms with E-state index in [-0.39, 0.29) is 0 Å². The summed E-state index contributed by atoms with van der Waals surface area (Å²) in [7, 11) is 0. The van der Waals surface area contributed by atoms with Crippen LogP contribution in [0.5, 0.6) is 0 Å². The van der Waals surface area contributed by atoms with Gasteiger partial charge in [-0.3, -0.25) is 9.55 Å². The Balaban J connectivity index is 1.39. The lowest BCUT2D eigenvalue weighted by atomic mass is 9.93. The van der Waals surface area contributed by atoms with Crippen LogP contribution in [0.15, 0.2) is 42.9 Å². The SMILES string of the molecule is CCN(CC)CCC1CCN(c2ccc(-c3c(F)cc4c5cnccc5n(C(F)F)c4c3C)cn2)CC1. The Morgan fingerprint density at radius 2 is 1.81 bits per heavy atom. The molecule has 4 heterocycles. The molecule has 0 atom stereocenters. The van der Waals surface area contributed by atoms with Crippen molar-refractivity contribution in [1.29, 1.82) is 0 Å². The predicted octanol–water partition coefficient (Wildman–Crippen LogP) is 7.04. The molecular formula is C29H34F3N5. The van der Waals surface area contributed by atoms with Crippen molar-refractivity contribution >= 4 is 27.6 Å². The molecule has 0 amide bonds. The number of anilines is 1. The lowest BCUT2D eigenvalue weighted by Gasteiger charge is -2.33. The highest BCUT2D eigenvalue weighted by molar-refractivity contribution is 6.10. The Morgan fingerprint density at radius 1 is 1.05 bits per heavy atom. The second kappa shape index (κ2) is 10.7. The van der Waals surface area contributed by atoms with Crippen LogP contribution >= 0.6 is 0 Å². The summed E-state index contributed by atoms with van der Waals surface area (Å²) in [5.41, 5.74) is 2.02. The van der Waals surface area contributed by atoms with Crippen molar-refractivity contribution in [3.05, 3.63) is 54.2 Å².